The number of benzene rings is 2. The van der Waals surface area contributed by atoms with Crippen molar-refractivity contribution in [3.05, 3.63) is 71.1 Å². The molecule has 1 fully saturated rings. The van der Waals surface area contributed by atoms with Crippen molar-refractivity contribution in [1.82, 2.24) is 16.0 Å². The van der Waals surface area contributed by atoms with Crippen LogP contribution in [0.2, 0.25) is 0 Å². The van der Waals surface area contributed by atoms with Gasteiger partial charge in [-0.3, -0.25) is 19.2 Å². The third-order valence-corrected chi connectivity index (χ3v) is 6.48. The lowest BCUT2D eigenvalue weighted by Crippen LogP contribution is -2.53. The molecule has 1 saturated heterocycles. The van der Waals surface area contributed by atoms with Crippen molar-refractivity contribution in [3.63, 3.8) is 0 Å². The van der Waals surface area contributed by atoms with Gasteiger partial charge in [0.05, 0.1) is 6.04 Å². The molecule has 3 atom stereocenters. The van der Waals surface area contributed by atoms with Crippen LogP contribution in [0.3, 0.4) is 0 Å². The van der Waals surface area contributed by atoms with Gasteiger partial charge >= 0.3 is 0 Å². The summed E-state index contributed by atoms with van der Waals surface area (Å²) in [5, 5.41) is 7.56. The Kier molecular flexibility index (Phi) is 11.2. The van der Waals surface area contributed by atoms with Crippen LogP contribution in [-0.2, 0) is 19.2 Å². The number of carbonyl (C=O) groups excluding carboxylic acids is 4. The maximum absolute atomic E-state index is 14.0. The van der Waals surface area contributed by atoms with Crippen molar-refractivity contribution in [1.29, 1.82) is 0 Å². The van der Waals surface area contributed by atoms with Crippen LogP contribution in [0.15, 0.2) is 36.4 Å². The van der Waals surface area contributed by atoms with E-state index in [1.807, 2.05) is 0 Å². The molecule has 42 heavy (non-hydrogen) atoms. The van der Waals surface area contributed by atoms with Gasteiger partial charge in [0.1, 0.15) is 18.5 Å². The fraction of sp³-hybridized carbons (Fsp3) is 0.379. The van der Waals surface area contributed by atoms with E-state index in [1.54, 1.807) is 19.9 Å². The highest BCUT2D eigenvalue weighted by molar-refractivity contribution is 5.97. The zero-order chi connectivity index (χ0) is 31.0. The topological polar surface area (TPSA) is 114 Å². The van der Waals surface area contributed by atoms with Crippen molar-refractivity contribution in [2.75, 3.05) is 13.2 Å². The van der Waals surface area contributed by atoms with E-state index in [4.69, 9.17) is 4.74 Å². The molecule has 0 bridgehead atoms. The summed E-state index contributed by atoms with van der Waals surface area (Å²) in [5.41, 5.74) is 0.143. The molecule has 3 N–H and O–H groups in total. The lowest BCUT2D eigenvalue weighted by Gasteiger charge is -2.25. The molecule has 1 aliphatic heterocycles. The first-order chi connectivity index (χ1) is 19.9. The highest BCUT2D eigenvalue weighted by Crippen LogP contribution is 2.27. The number of hydrogen-bond donors (Lipinski definition) is 3. The van der Waals surface area contributed by atoms with Gasteiger partial charge in [0, 0.05) is 30.2 Å². The first kappa shape index (κ1) is 32.2. The van der Waals surface area contributed by atoms with E-state index in [-0.39, 0.29) is 36.3 Å². The molecule has 2 aromatic carbocycles. The number of rotatable bonds is 13. The Morgan fingerprint density at radius 3 is 2.26 bits per heavy atom. The minimum atomic E-state index is -1.85. The Hall–Kier alpha value is -4.29. The zero-order valence-electron chi connectivity index (χ0n) is 22.8. The Labute approximate surface area is 238 Å². The number of Topliss-reactive ketones (excluding diaryl/α,β-unsaturated/α-hetero) is 1. The molecule has 1 aliphatic rings. The number of ketones is 1. The van der Waals surface area contributed by atoms with E-state index in [9.17, 15) is 41.1 Å². The van der Waals surface area contributed by atoms with Crippen molar-refractivity contribution in [2.45, 2.75) is 45.2 Å². The predicted molar refractivity (Wildman–Crippen MR) is 141 cm³/mol. The maximum Gasteiger partial charge on any atom is 0.244 e. The highest BCUT2D eigenvalue weighted by atomic mass is 19.2. The maximum atomic E-state index is 14.0. The molecule has 226 valence electrons. The standard InChI is InChI=1S/C29H30F5N3O5/c1-15(2)11-22(36-24(39)8-7-16-5-3-4-6-18(16)30)29(41)37-21(12-17-9-10-35-28(17)40)23(38)14-42-27-25(33)19(31)13-20(32)26(27)34/h3-8,13,15,17,21-22H,9-12,14H2,1-2H3,(H,35,40)(H,36,39)(H,37,41)/b8-7+/t17-,21-,22-/m0/s1. The molecule has 0 spiro atoms. The van der Waals surface area contributed by atoms with Crippen LogP contribution in [0.1, 0.15) is 38.7 Å². The Morgan fingerprint density at radius 1 is 1.00 bits per heavy atom. The molecule has 8 nitrogen and oxygen atoms in total. The lowest BCUT2D eigenvalue weighted by molar-refractivity contribution is -0.132. The number of nitrogens with one attached hydrogen (secondary N) is 3. The molecular weight excluding hydrogens is 565 g/mol. The van der Waals surface area contributed by atoms with Gasteiger partial charge in [-0.1, -0.05) is 32.0 Å². The lowest BCUT2D eigenvalue weighted by atomic mass is 9.95. The van der Waals surface area contributed by atoms with E-state index >= 15 is 0 Å². The summed E-state index contributed by atoms with van der Waals surface area (Å²) in [6.07, 6.45) is 2.53. The number of halogens is 5. The van der Waals surface area contributed by atoms with E-state index in [1.165, 1.54) is 24.3 Å². The number of carbonyl (C=O) groups is 4. The summed E-state index contributed by atoms with van der Waals surface area (Å²) in [7, 11) is 0. The van der Waals surface area contributed by atoms with Gasteiger partial charge in [0.25, 0.3) is 0 Å². The van der Waals surface area contributed by atoms with Crippen LogP contribution in [0.4, 0.5) is 22.0 Å². The summed E-state index contributed by atoms with van der Waals surface area (Å²) in [4.78, 5) is 51.1. The second-order valence-corrected chi connectivity index (χ2v) is 10.2. The van der Waals surface area contributed by atoms with Gasteiger partial charge in [0.2, 0.25) is 29.4 Å². The normalized spacial score (nSPS) is 16.3. The minimum Gasteiger partial charge on any atom is -0.479 e. The van der Waals surface area contributed by atoms with Crippen LogP contribution in [0, 0.1) is 40.9 Å². The molecule has 13 heteroatoms. The van der Waals surface area contributed by atoms with Gasteiger partial charge in [-0.15, -0.1) is 0 Å². The Balaban J connectivity index is 1.76. The average Bonchev–Trinajstić information content (AvgIpc) is 3.34. The van der Waals surface area contributed by atoms with Crippen LogP contribution in [0.5, 0.6) is 5.75 Å². The van der Waals surface area contributed by atoms with Crippen LogP contribution in [-0.4, -0.2) is 48.7 Å². The summed E-state index contributed by atoms with van der Waals surface area (Å²) in [6, 6.07) is 3.12. The van der Waals surface area contributed by atoms with Gasteiger partial charge in [0.15, 0.2) is 23.2 Å². The highest BCUT2D eigenvalue weighted by Gasteiger charge is 2.34. The molecular formula is C29H30F5N3O5. The monoisotopic (exact) mass is 595 g/mol. The number of ether oxygens (including phenoxy) is 1. The molecule has 0 radical (unpaired) electrons. The van der Waals surface area contributed by atoms with Crippen molar-refractivity contribution in [3.8, 4) is 5.75 Å². The fourth-order valence-electron chi connectivity index (χ4n) is 4.32. The second-order valence-electron chi connectivity index (χ2n) is 10.2. The average molecular weight is 596 g/mol. The summed E-state index contributed by atoms with van der Waals surface area (Å²) in [5.74, 6) is -12.8. The van der Waals surface area contributed by atoms with Crippen LogP contribution in [0.25, 0.3) is 6.08 Å². The summed E-state index contributed by atoms with van der Waals surface area (Å²) in [6.45, 7) is 2.79. The molecule has 3 amide bonds. The third kappa shape index (κ3) is 8.60. The molecule has 0 aromatic heterocycles. The van der Waals surface area contributed by atoms with E-state index < -0.39 is 77.0 Å². The molecule has 0 unspecified atom stereocenters. The summed E-state index contributed by atoms with van der Waals surface area (Å²) < 4.78 is 73.8. The van der Waals surface area contributed by atoms with E-state index in [0.717, 1.165) is 6.08 Å². The quantitative estimate of drug-likeness (QED) is 0.186. The van der Waals surface area contributed by atoms with Gasteiger partial charge in [-0.05, 0) is 37.3 Å². The van der Waals surface area contributed by atoms with Crippen molar-refractivity contribution in [2.24, 2.45) is 11.8 Å². The number of hydrogen-bond acceptors (Lipinski definition) is 5. The molecule has 0 aliphatic carbocycles. The third-order valence-electron chi connectivity index (χ3n) is 6.48. The molecule has 1 heterocycles. The summed E-state index contributed by atoms with van der Waals surface area (Å²) >= 11 is 0. The SMILES string of the molecule is CC(C)C[C@H](NC(=O)/C=C/c1ccccc1F)C(=O)N[C@@H](C[C@@H]1CCNC1=O)C(=O)COc1c(F)c(F)cc(F)c1F. The van der Waals surface area contributed by atoms with Crippen molar-refractivity contribution >= 4 is 29.6 Å². The molecule has 3 rings (SSSR count). The second kappa shape index (κ2) is 14.6. The Morgan fingerprint density at radius 2 is 1.67 bits per heavy atom. The van der Waals surface area contributed by atoms with E-state index in [0.29, 0.717) is 13.0 Å². The fourth-order valence-corrected chi connectivity index (χ4v) is 4.32. The van der Waals surface area contributed by atoms with Crippen LogP contribution < -0.4 is 20.7 Å². The van der Waals surface area contributed by atoms with Crippen LogP contribution >= 0.6 is 0 Å². The first-order valence-corrected chi connectivity index (χ1v) is 13.2. The van der Waals surface area contributed by atoms with Gasteiger partial charge in [-0.2, -0.15) is 8.78 Å². The zero-order valence-corrected chi connectivity index (χ0v) is 22.8. The van der Waals surface area contributed by atoms with Gasteiger partial charge in [-0.25, -0.2) is 13.2 Å². The Bertz CT molecular complexity index is 1340. The van der Waals surface area contributed by atoms with Crippen molar-refractivity contribution < 1.29 is 45.9 Å². The number of amides is 3. The molecule has 0 saturated carbocycles. The predicted octanol–water partition coefficient (Wildman–Crippen LogP) is 3.59. The smallest absolute Gasteiger partial charge is 0.244 e. The molecule has 2 aromatic rings. The van der Waals surface area contributed by atoms with Gasteiger partial charge < -0.3 is 20.7 Å². The van der Waals surface area contributed by atoms with E-state index in [2.05, 4.69) is 16.0 Å². The largest absolute Gasteiger partial charge is 0.479 e. The first-order valence-electron chi connectivity index (χ1n) is 13.2. The minimum absolute atomic E-state index is 0.0181.